The lowest BCUT2D eigenvalue weighted by Gasteiger charge is -2.41. The summed E-state index contributed by atoms with van der Waals surface area (Å²) >= 11 is 0. The molecule has 1 unspecified atom stereocenters. The summed E-state index contributed by atoms with van der Waals surface area (Å²) in [6.45, 7) is 1.89. The zero-order valence-corrected chi connectivity index (χ0v) is 15.1. The van der Waals surface area contributed by atoms with Gasteiger partial charge in [0.1, 0.15) is 0 Å². The van der Waals surface area contributed by atoms with Crippen molar-refractivity contribution >= 4 is 11.7 Å². The molecule has 0 radical (unpaired) electrons. The molecule has 4 nitrogen and oxygen atoms in total. The molecule has 25 heavy (non-hydrogen) atoms. The topological polar surface area (TPSA) is 63.4 Å². The molecule has 1 saturated heterocycles. The van der Waals surface area contributed by atoms with Crippen LogP contribution in [0.5, 0.6) is 0 Å². The Kier molecular flexibility index (Phi) is 5.89. The third-order valence-electron chi connectivity index (χ3n) is 6.11. The molecule has 4 heteroatoms. The molecule has 1 aliphatic carbocycles. The summed E-state index contributed by atoms with van der Waals surface area (Å²) in [6.07, 6.45) is 8.95. The van der Waals surface area contributed by atoms with Crippen LogP contribution in [0.4, 0.5) is 0 Å². The van der Waals surface area contributed by atoms with Gasteiger partial charge in [0, 0.05) is 5.56 Å². The minimum atomic E-state index is -0.509. The maximum absolute atomic E-state index is 13.3. The van der Waals surface area contributed by atoms with Crippen LogP contribution in [0.25, 0.3) is 0 Å². The van der Waals surface area contributed by atoms with Crippen LogP contribution in [0, 0.1) is 5.41 Å². The van der Waals surface area contributed by atoms with E-state index in [1.54, 1.807) is 0 Å². The highest BCUT2D eigenvalue weighted by Crippen LogP contribution is 2.41. The Hall–Kier alpha value is -1.68. The largest absolute Gasteiger partial charge is 0.369 e. The van der Waals surface area contributed by atoms with Crippen molar-refractivity contribution in [2.45, 2.75) is 63.8 Å². The average Bonchev–Trinajstić information content (AvgIpc) is 2.67. The third kappa shape index (κ3) is 4.12. The SMILES string of the molecule is NC(=O)C1(CC(C(=O)c2ccccc2)N2CCCCC2)CCCCC1. The number of rotatable bonds is 6. The number of nitrogens with two attached hydrogens (primary N) is 1. The zero-order valence-electron chi connectivity index (χ0n) is 15.1. The van der Waals surface area contributed by atoms with Gasteiger partial charge in [-0.3, -0.25) is 14.5 Å². The van der Waals surface area contributed by atoms with Crippen molar-refractivity contribution in [1.29, 1.82) is 0 Å². The molecule has 0 spiro atoms. The van der Waals surface area contributed by atoms with Gasteiger partial charge >= 0.3 is 0 Å². The number of benzene rings is 1. The molecule has 1 amide bonds. The lowest BCUT2D eigenvalue weighted by atomic mass is 9.68. The number of piperidine rings is 1. The van der Waals surface area contributed by atoms with Gasteiger partial charge in [0.25, 0.3) is 0 Å². The number of nitrogens with zero attached hydrogens (tertiary/aromatic N) is 1. The molecule has 2 fully saturated rings. The van der Waals surface area contributed by atoms with Crippen LogP contribution in [0.1, 0.15) is 68.1 Å². The number of hydrogen-bond acceptors (Lipinski definition) is 3. The van der Waals surface area contributed by atoms with Gasteiger partial charge in [-0.25, -0.2) is 0 Å². The van der Waals surface area contributed by atoms with E-state index in [-0.39, 0.29) is 17.7 Å². The maximum Gasteiger partial charge on any atom is 0.223 e. The Bertz CT molecular complexity index is 587. The van der Waals surface area contributed by atoms with E-state index in [1.165, 1.54) is 6.42 Å². The van der Waals surface area contributed by atoms with Crippen LogP contribution in [0.2, 0.25) is 0 Å². The summed E-state index contributed by atoms with van der Waals surface area (Å²) < 4.78 is 0. The number of ketones is 1. The Balaban J connectivity index is 1.87. The molecule has 1 saturated carbocycles. The van der Waals surface area contributed by atoms with Gasteiger partial charge in [0.15, 0.2) is 5.78 Å². The van der Waals surface area contributed by atoms with Crippen LogP contribution < -0.4 is 5.73 Å². The second-order valence-electron chi connectivity index (χ2n) is 7.75. The molecule has 1 heterocycles. The number of primary amides is 1. The fourth-order valence-corrected chi connectivity index (χ4v) is 4.56. The number of amides is 1. The van der Waals surface area contributed by atoms with E-state index in [1.807, 2.05) is 30.3 Å². The van der Waals surface area contributed by atoms with Gasteiger partial charge in [0.2, 0.25) is 5.91 Å². The lowest BCUT2D eigenvalue weighted by molar-refractivity contribution is -0.130. The van der Waals surface area contributed by atoms with Gasteiger partial charge < -0.3 is 5.73 Å². The molecule has 1 atom stereocenters. The number of carbonyl (C=O) groups excluding carboxylic acids is 2. The van der Waals surface area contributed by atoms with Crippen LogP contribution in [-0.4, -0.2) is 35.7 Å². The third-order valence-corrected chi connectivity index (χ3v) is 6.11. The summed E-state index contributed by atoms with van der Waals surface area (Å²) in [5.41, 5.74) is 6.08. The first-order valence-electron chi connectivity index (χ1n) is 9.76. The molecule has 0 aromatic heterocycles. The van der Waals surface area contributed by atoms with E-state index in [0.29, 0.717) is 6.42 Å². The van der Waals surface area contributed by atoms with E-state index in [4.69, 9.17) is 5.73 Å². The Morgan fingerprint density at radius 3 is 2.16 bits per heavy atom. The summed E-state index contributed by atoms with van der Waals surface area (Å²) in [7, 11) is 0. The van der Waals surface area contributed by atoms with Crippen molar-refractivity contribution in [3.05, 3.63) is 35.9 Å². The number of hydrogen-bond donors (Lipinski definition) is 1. The van der Waals surface area contributed by atoms with E-state index < -0.39 is 5.41 Å². The quantitative estimate of drug-likeness (QED) is 0.804. The van der Waals surface area contributed by atoms with Crippen molar-refractivity contribution in [3.8, 4) is 0 Å². The Labute approximate surface area is 150 Å². The monoisotopic (exact) mass is 342 g/mol. The van der Waals surface area contributed by atoms with Crippen molar-refractivity contribution in [2.75, 3.05) is 13.1 Å². The summed E-state index contributed by atoms with van der Waals surface area (Å²) in [5, 5.41) is 0. The number of carbonyl (C=O) groups is 2. The number of likely N-dealkylation sites (tertiary alicyclic amines) is 1. The van der Waals surface area contributed by atoms with Gasteiger partial charge in [-0.15, -0.1) is 0 Å². The van der Waals surface area contributed by atoms with Crippen LogP contribution >= 0.6 is 0 Å². The predicted octanol–water partition coefficient (Wildman–Crippen LogP) is 3.55. The van der Waals surface area contributed by atoms with E-state index in [0.717, 1.165) is 63.6 Å². The molecular weight excluding hydrogens is 312 g/mol. The van der Waals surface area contributed by atoms with Crippen LogP contribution in [-0.2, 0) is 4.79 Å². The fourth-order valence-electron chi connectivity index (χ4n) is 4.56. The van der Waals surface area contributed by atoms with Crippen molar-refractivity contribution in [1.82, 2.24) is 4.90 Å². The van der Waals surface area contributed by atoms with Gasteiger partial charge in [-0.1, -0.05) is 56.0 Å². The molecule has 3 rings (SSSR count). The molecule has 136 valence electrons. The van der Waals surface area contributed by atoms with E-state index in [2.05, 4.69) is 4.90 Å². The molecular formula is C21H30N2O2. The fraction of sp³-hybridized carbons (Fsp3) is 0.619. The van der Waals surface area contributed by atoms with E-state index >= 15 is 0 Å². The molecule has 0 bridgehead atoms. The lowest BCUT2D eigenvalue weighted by Crippen LogP contribution is -2.50. The molecule has 1 aliphatic heterocycles. The molecule has 1 aromatic rings. The second-order valence-corrected chi connectivity index (χ2v) is 7.75. The van der Waals surface area contributed by atoms with E-state index in [9.17, 15) is 9.59 Å². The summed E-state index contributed by atoms with van der Waals surface area (Å²) in [4.78, 5) is 27.9. The van der Waals surface area contributed by atoms with Crippen molar-refractivity contribution < 1.29 is 9.59 Å². The predicted molar refractivity (Wildman–Crippen MR) is 99.3 cm³/mol. The standard InChI is InChI=1S/C21H30N2O2/c22-20(25)21(12-6-2-7-13-21)16-18(23-14-8-3-9-15-23)19(24)17-10-4-1-5-11-17/h1,4-5,10-11,18H,2-3,6-9,12-16H2,(H2,22,25). The van der Waals surface area contributed by atoms with Crippen molar-refractivity contribution in [3.63, 3.8) is 0 Å². The highest BCUT2D eigenvalue weighted by atomic mass is 16.1. The minimum absolute atomic E-state index is 0.147. The normalized spacial score (nSPS) is 22.2. The highest BCUT2D eigenvalue weighted by molar-refractivity contribution is 6.00. The first-order valence-corrected chi connectivity index (χ1v) is 9.76. The molecule has 2 aliphatic rings. The van der Waals surface area contributed by atoms with Gasteiger partial charge in [-0.2, -0.15) is 0 Å². The Morgan fingerprint density at radius 2 is 1.56 bits per heavy atom. The van der Waals surface area contributed by atoms with Crippen molar-refractivity contribution in [2.24, 2.45) is 11.1 Å². The van der Waals surface area contributed by atoms with Gasteiger partial charge in [-0.05, 0) is 45.2 Å². The second kappa shape index (κ2) is 8.13. The maximum atomic E-state index is 13.3. The first-order chi connectivity index (χ1) is 12.1. The number of Topliss-reactive ketones (excluding diaryl/α,β-unsaturated/α-hetero) is 1. The zero-order chi connectivity index (χ0) is 17.7. The highest BCUT2D eigenvalue weighted by Gasteiger charge is 2.43. The average molecular weight is 342 g/mol. The summed E-state index contributed by atoms with van der Waals surface area (Å²) in [5.74, 6) is -0.0660. The molecule has 1 aromatic carbocycles. The summed E-state index contributed by atoms with van der Waals surface area (Å²) in [6, 6.07) is 9.29. The first kappa shape index (κ1) is 18.1. The molecule has 2 N–H and O–H groups in total. The minimum Gasteiger partial charge on any atom is -0.369 e. The van der Waals surface area contributed by atoms with Crippen LogP contribution in [0.3, 0.4) is 0 Å². The Morgan fingerprint density at radius 1 is 0.960 bits per heavy atom. The van der Waals surface area contributed by atoms with Gasteiger partial charge in [0.05, 0.1) is 11.5 Å². The smallest absolute Gasteiger partial charge is 0.223 e. The van der Waals surface area contributed by atoms with Crippen LogP contribution in [0.15, 0.2) is 30.3 Å².